The quantitative estimate of drug-likeness (QED) is 0.152. The second-order valence-electron chi connectivity index (χ2n) is 17.3. The maximum absolute atomic E-state index is 2.45. The van der Waals surface area contributed by atoms with E-state index in [0.717, 1.165) is 22.7 Å². The molecule has 10 rings (SSSR count). The summed E-state index contributed by atoms with van der Waals surface area (Å²) in [7, 11) is 0. The molecule has 2 nitrogen and oxygen atoms in total. The first-order chi connectivity index (χ1) is 28.7. The lowest BCUT2D eigenvalue weighted by Gasteiger charge is -2.42. The maximum Gasteiger partial charge on any atom is 0.0554 e. The number of hydrogen-bond acceptors (Lipinski definition) is 3. The Hall–Kier alpha value is -6.42. The normalized spacial score (nSPS) is 14.2. The molecule has 9 aromatic rings. The van der Waals surface area contributed by atoms with Crippen LogP contribution in [0.25, 0.3) is 42.4 Å². The van der Waals surface area contributed by atoms with Crippen molar-refractivity contribution >= 4 is 65.6 Å². The van der Waals surface area contributed by atoms with E-state index in [9.17, 15) is 0 Å². The highest BCUT2D eigenvalue weighted by Gasteiger charge is 2.37. The van der Waals surface area contributed by atoms with Gasteiger partial charge in [0.2, 0.25) is 0 Å². The molecule has 0 N–H and O–H groups in total. The predicted octanol–water partition coefficient (Wildman–Crippen LogP) is 16.7. The largest absolute Gasteiger partial charge is 0.310 e. The molecule has 59 heavy (non-hydrogen) atoms. The van der Waals surface area contributed by atoms with Crippen LogP contribution in [0, 0.1) is 0 Å². The van der Waals surface area contributed by atoms with Gasteiger partial charge in [-0.05, 0) is 136 Å². The van der Waals surface area contributed by atoms with Crippen LogP contribution >= 0.6 is 11.3 Å². The first-order valence-corrected chi connectivity index (χ1v) is 21.6. The van der Waals surface area contributed by atoms with Gasteiger partial charge in [0.1, 0.15) is 0 Å². The molecule has 0 unspecified atom stereocenters. The van der Waals surface area contributed by atoms with Gasteiger partial charge < -0.3 is 9.80 Å². The van der Waals surface area contributed by atoms with Crippen molar-refractivity contribution in [2.75, 3.05) is 9.80 Å². The lowest BCUT2D eigenvalue weighted by Crippen LogP contribution is -2.34. The topological polar surface area (TPSA) is 6.48 Å². The van der Waals surface area contributed by atoms with Crippen LogP contribution in [-0.2, 0) is 10.8 Å². The number of rotatable bonds is 8. The Balaban J connectivity index is 0.939. The van der Waals surface area contributed by atoms with Crippen LogP contribution in [0.1, 0.15) is 51.7 Å². The zero-order chi connectivity index (χ0) is 40.1. The van der Waals surface area contributed by atoms with E-state index in [2.05, 4.69) is 232 Å². The molecule has 0 aliphatic heterocycles. The molecule has 0 fully saturated rings. The standard InChI is InChI=1S/C56H48N2S/c1-55(2)36-37-56(3,4)50-38-47(34-35-49(50)55)57(43-14-7-5-8-15-43)45-30-26-41(27-31-45)39-22-24-40(25-23-39)42-28-32-46(33-29-42)58(44-16-9-6-10-17-44)51-19-13-21-53-54(51)48-18-11-12-20-52(48)59-53/h5-35,38H,36-37H2,1-4H3. The summed E-state index contributed by atoms with van der Waals surface area (Å²) in [6, 6.07) is 71.1. The number of anilines is 6. The van der Waals surface area contributed by atoms with Gasteiger partial charge in [-0.3, -0.25) is 0 Å². The van der Waals surface area contributed by atoms with E-state index < -0.39 is 0 Å². The molecule has 288 valence electrons. The first-order valence-electron chi connectivity index (χ1n) is 20.8. The van der Waals surface area contributed by atoms with Gasteiger partial charge in [0.05, 0.1) is 5.69 Å². The Kier molecular flexibility index (Phi) is 9.22. The van der Waals surface area contributed by atoms with E-state index >= 15 is 0 Å². The third kappa shape index (κ3) is 6.80. The Morgan fingerprint density at radius 3 is 1.41 bits per heavy atom. The first kappa shape index (κ1) is 36.9. The van der Waals surface area contributed by atoms with Crippen molar-refractivity contribution in [3.05, 3.63) is 205 Å². The molecule has 1 aliphatic rings. The van der Waals surface area contributed by atoms with Crippen LogP contribution in [0.3, 0.4) is 0 Å². The predicted molar refractivity (Wildman–Crippen MR) is 255 cm³/mol. The van der Waals surface area contributed by atoms with Crippen molar-refractivity contribution < 1.29 is 0 Å². The molecule has 0 amide bonds. The third-order valence-corrected chi connectivity index (χ3v) is 13.7. The number of nitrogens with zero attached hydrogens (tertiary/aromatic N) is 2. The van der Waals surface area contributed by atoms with Gasteiger partial charge in [0, 0.05) is 48.6 Å². The van der Waals surface area contributed by atoms with Crippen molar-refractivity contribution in [3.8, 4) is 22.3 Å². The van der Waals surface area contributed by atoms with Gasteiger partial charge in [0.15, 0.2) is 0 Å². The Morgan fingerprint density at radius 1 is 0.373 bits per heavy atom. The smallest absolute Gasteiger partial charge is 0.0554 e. The monoisotopic (exact) mass is 780 g/mol. The molecular weight excluding hydrogens is 733 g/mol. The minimum absolute atomic E-state index is 0.138. The van der Waals surface area contributed by atoms with Gasteiger partial charge >= 0.3 is 0 Å². The summed E-state index contributed by atoms with van der Waals surface area (Å²) < 4.78 is 2.61. The van der Waals surface area contributed by atoms with Crippen molar-refractivity contribution in [2.45, 2.75) is 51.4 Å². The molecule has 0 saturated heterocycles. The second-order valence-corrected chi connectivity index (χ2v) is 18.3. The summed E-state index contributed by atoms with van der Waals surface area (Å²) in [6.07, 6.45) is 2.40. The van der Waals surface area contributed by atoms with Gasteiger partial charge in [-0.25, -0.2) is 0 Å². The van der Waals surface area contributed by atoms with Crippen molar-refractivity contribution in [3.63, 3.8) is 0 Å². The molecule has 0 saturated carbocycles. The van der Waals surface area contributed by atoms with Gasteiger partial charge in [-0.1, -0.05) is 143 Å². The molecule has 0 radical (unpaired) electrons. The molecule has 8 aromatic carbocycles. The van der Waals surface area contributed by atoms with Crippen molar-refractivity contribution in [1.29, 1.82) is 0 Å². The Labute approximate surface area is 352 Å². The molecule has 0 atom stereocenters. The van der Waals surface area contributed by atoms with E-state index in [1.165, 1.54) is 77.8 Å². The highest BCUT2D eigenvalue weighted by Crippen LogP contribution is 2.49. The van der Waals surface area contributed by atoms with E-state index in [1.54, 1.807) is 0 Å². The van der Waals surface area contributed by atoms with Gasteiger partial charge in [0.25, 0.3) is 0 Å². The van der Waals surface area contributed by atoms with Crippen LogP contribution in [0.2, 0.25) is 0 Å². The zero-order valence-electron chi connectivity index (χ0n) is 34.2. The molecular formula is C56H48N2S. The molecule has 1 aromatic heterocycles. The Bertz CT molecular complexity index is 2910. The van der Waals surface area contributed by atoms with Crippen molar-refractivity contribution in [1.82, 2.24) is 0 Å². The number of benzene rings is 8. The molecule has 0 spiro atoms. The van der Waals surface area contributed by atoms with Crippen LogP contribution < -0.4 is 9.80 Å². The lowest BCUT2D eigenvalue weighted by atomic mass is 9.63. The van der Waals surface area contributed by atoms with Crippen LogP contribution in [0.15, 0.2) is 194 Å². The molecule has 0 bridgehead atoms. The number of fused-ring (bicyclic) bond motifs is 4. The van der Waals surface area contributed by atoms with Crippen LogP contribution in [-0.4, -0.2) is 0 Å². The SMILES string of the molecule is CC1(C)CCC(C)(C)c2cc(N(c3ccccc3)c3ccc(-c4ccc(-c5ccc(N(c6ccccc6)c6cccc7sc8ccccc8c67)cc5)cc4)cc3)ccc21. The van der Waals surface area contributed by atoms with Crippen LogP contribution in [0.5, 0.6) is 0 Å². The summed E-state index contributed by atoms with van der Waals surface area (Å²) in [6.45, 7) is 9.60. The molecule has 1 aliphatic carbocycles. The third-order valence-electron chi connectivity index (χ3n) is 12.5. The second kappa shape index (κ2) is 14.8. The number of para-hydroxylation sites is 2. The summed E-state index contributed by atoms with van der Waals surface area (Å²) in [5.74, 6) is 0. The van der Waals surface area contributed by atoms with Crippen molar-refractivity contribution in [2.24, 2.45) is 0 Å². The molecule has 3 heteroatoms. The minimum Gasteiger partial charge on any atom is -0.310 e. The van der Waals surface area contributed by atoms with E-state index in [4.69, 9.17) is 0 Å². The van der Waals surface area contributed by atoms with Gasteiger partial charge in [-0.15, -0.1) is 11.3 Å². The fraction of sp³-hybridized carbons (Fsp3) is 0.143. The number of thiophene rings is 1. The summed E-state index contributed by atoms with van der Waals surface area (Å²) in [4.78, 5) is 4.79. The average molecular weight is 781 g/mol. The maximum atomic E-state index is 2.45. The van der Waals surface area contributed by atoms with E-state index in [1.807, 2.05) is 11.3 Å². The fourth-order valence-electron chi connectivity index (χ4n) is 9.15. The van der Waals surface area contributed by atoms with E-state index in [0.29, 0.717) is 0 Å². The van der Waals surface area contributed by atoms with Gasteiger partial charge in [-0.2, -0.15) is 0 Å². The molecule has 1 heterocycles. The summed E-state index contributed by atoms with van der Waals surface area (Å²) in [5.41, 5.74) is 15.0. The van der Waals surface area contributed by atoms with Crippen LogP contribution in [0.4, 0.5) is 34.1 Å². The summed E-state index contributed by atoms with van der Waals surface area (Å²) in [5, 5.41) is 2.59. The average Bonchev–Trinajstić information content (AvgIpc) is 3.67. The zero-order valence-corrected chi connectivity index (χ0v) is 35.0. The minimum atomic E-state index is 0.138. The highest BCUT2D eigenvalue weighted by molar-refractivity contribution is 7.26. The Morgan fingerprint density at radius 2 is 0.814 bits per heavy atom. The fourth-order valence-corrected chi connectivity index (χ4v) is 10.3. The number of hydrogen-bond donors (Lipinski definition) is 0. The van der Waals surface area contributed by atoms with E-state index in [-0.39, 0.29) is 10.8 Å². The summed E-state index contributed by atoms with van der Waals surface area (Å²) >= 11 is 1.86. The highest BCUT2D eigenvalue weighted by atomic mass is 32.1. The lowest BCUT2D eigenvalue weighted by molar-refractivity contribution is 0.332.